The zero-order chi connectivity index (χ0) is 18.4. The van der Waals surface area contributed by atoms with E-state index < -0.39 is 5.97 Å². The van der Waals surface area contributed by atoms with Gasteiger partial charge < -0.3 is 10.4 Å². The summed E-state index contributed by atoms with van der Waals surface area (Å²) in [4.78, 5) is 28.5. The number of carboxylic acid groups (broad SMARTS) is 1. The van der Waals surface area contributed by atoms with Crippen LogP contribution in [0.3, 0.4) is 0 Å². The fourth-order valence-electron chi connectivity index (χ4n) is 3.14. The monoisotopic (exact) mass is 401 g/mol. The molecule has 2 rings (SSSR count). The number of nitrogens with zero attached hydrogens (tertiary/aromatic N) is 2. The van der Waals surface area contributed by atoms with Gasteiger partial charge in [0.25, 0.3) is 0 Å². The fourth-order valence-corrected chi connectivity index (χ4v) is 3.55. The number of rotatable bonds is 7. The number of thioether (sulfide) groups is 1. The molecule has 0 aliphatic carbocycles. The predicted molar refractivity (Wildman–Crippen MR) is 108 cm³/mol. The highest BCUT2D eigenvalue weighted by Crippen LogP contribution is 2.20. The van der Waals surface area contributed by atoms with Gasteiger partial charge in [-0.15, -0.1) is 24.2 Å². The number of carbonyl (C=O) groups excluding carboxylic acids is 1. The lowest BCUT2D eigenvalue weighted by atomic mass is 10.0. The van der Waals surface area contributed by atoms with Gasteiger partial charge >= 0.3 is 5.97 Å². The molecule has 0 saturated carbocycles. The van der Waals surface area contributed by atoms with E-state index in [9.17, 15) is 9.59 Å². The van der Waals surface area contributed by atoms with E-state index in [4.69, 9.17) is 5.11 Å². The van der Waals surface area contributed by atoms with Crippen LogP contribution in [-0.4, -0.2) is 71.8 Å². The lowest BCUT2D eigenvalue weighted by Gasteiger charge is -2.38. The Morgan fingerprint density at radius 2 is 1.88 bits per heavy atom. The number of likely N-dealkylation sites (tertiary alicyclic amines) is 1. The third-order valence-electron chi connectivity index (χ3n) is 4.79. The molecule has 1 unspecified atom stereocenters. The number of piperidine rings is 1. The third kappa shape index (κ3) is 6.46. The topological polar surface area (TPSA) is 72.9 Å². The number of hydrogen-bond acceptors (Lipinski definition) is 5. The number of likely N-dealkylation sites (N-methyl/N-ethyl adjacent to an activating group) is 1. The van der Waals surface area contributed by atoms with Crippen molar-refractivity contribution in [3.63, 3.8) is 0 Å². The van der Waals surface area contributed by atoms with Gasteiger partial charge in [-0.1, -0.05) is 0 Å². The second-order valence-corrected chi connectivity index (χ2v) is 7.35. The maximum absolute atomic E-state index is 12.5. The van der Waals surface area contributed by atoms with Crippen LogP contribution in [0.1, 0.15) is 19.8 Å². The van der Waals surface area contributed by atoms with Crippen molar-refractivity contribution in [2.45, 2.75) is 36.7 Å². The van der Waals surface area contributed by atoms with Crippen molar-refractivity contribution in [1.82, 2.24) is 9.80 Å². The van der Waals surface area contributed by atoms with Crippen LogP contribution in [0.5, 0.6) is 0 Å². The van der Waals surface area contributed by atoms with E-state index in [1.165, 1.54) is 4.90 Å². The molecule has 0 aromatic heterocycles. The second-order valence-electron chi connectivity index (χ2n) is 6.47. The molecule has 2 N–H and O–H groups in total. The van der Waals surface area contributed by atoms with Gasteiger partial charge in [-0.05, 0) is 57.3 Å². The summed E-state index contributed by atoms with van der Waals surface area (Å²) < 4.78 is 0. The van der Waals surface area contributed by atoms with Crippen LogP contribution >= 0.6 is 24.2 Å². The first-order chi connectivity index (χ1) is 11.9. The molecule has 8 heteroatoms. The highest BCUT2D eigenvalue weighted by atomic mass is 35.5. The van der Waals surface area contributed by atoms with Crippen molar-refractivity contribution < 1.29 is 14.7 Å². The van der Waals surface area contributed by atoms with Crippen LogP contribution in [-0.2, 0) is 9.59 Å². The van der Waals surface area contributed by atoms with Crippen molar-refractivity contribution in [3.05, 3.63) is 24.3 Å². The van der Waals surface area contributed by atoms with E-state index in [1.807, 2.05) is 49.4 Å². The van der Waals surface area contributed by atoms with Gasteiger partial charge in [0.15, 0.2) is 0 Å². The summed E-state index contributed by atoms with van der Waals surface area (Å²) in [6.07, 6.45) is 3.78. The molecule has 1 aromatic carbocycles. The van der Waals surface area contributed by atoms with Gasteiger partial charge in [0.2, 0.25) is 5.91 Å². The highest BCUT2D eigenvalue weighted by molar-refractivity contribution is 7.98. The minimum absolute atomic E-state index is 0. The van der Waals surface area contributed by atoms with E-state index in [1.54, 1.807) is 11.8 Å². The van der Waals surface area contributed by atoms with Crippen LogP contribution < -0.4 is 5.32 Å². The smallest absolute Gasteiger partial charge is 0.317 e. The molecule has 0 radical (unpaired) electrons. The van der Waals surface area contributed by atoms with Crippen LogP contribution in [0.15, 0.2) is 29.2 Å². The average Bonchev–Trinajstić information content (AvgIpc) is 2.61. The Morgan fingerprint density at radius 3 is 2.38 bits per heavy atom. The number of halogens is 1. The molecular formula is C18H28ClN3O3S. The van der Waals surface area contributed by atoms with E-state index >= 15 is 0 Å². The molecule has 1 fully saturated rings. The summed E-state index contributed by atoms with van der Waals surface area (Å²) in [5.74, 6) is -0.806. The van der Waals surface area contributed by atoms with Gasteiger partial charge in [0.1, 0.15) is 0 Å². The molecule has 1 aliphatic heterocycles. The Hall–Kier alpha value is -1.28. The third-order valence-corrected chi connectivity index (χ3v) is 5.54. The Morgan fingerprint density at radius 1 is 1.31 bits per heavy atom. The van der Waals surface area contributed by atoms with E-state index in [0.29, 0.717) is 0 Å². The minimum Gasteiger partial charge on any atom is -0.480 e. The number of carbonyl (C=O) groups is 2. The first-order valence-corrected chi connectivity index (χ1v) is 9.74. The summed E-state index contributed by atoms with van der Waals surface area (Å²) in [5, 5.41) is 11.9. The lowest BCUT2D eigenvalue weighted by molar-refractivity contribution is -0.138. The SMILES string of the molecule is CSc1ccc(NC(=O)C(C)N2CCC(N(C)CC(=O)O)CC2)cc1.Cl. The predicted octanol–water partition coefficient (Wildman–Crippen LogP) is 2.64. The molecule has 0 bridgehead atoms. The number of anilines is 1. The highest BCUT2D eigenvalue weighted by Gasteiger charge is 2.28. The minimum atomic E-state index is -0.801. The Kier molecular flexibility index (Phi) is 9.43. The van der Waals surface area contributed by atoms with Crippen LogP contribution in [0.4, 0.5) is 5.69 Å². The van der Waals surface area contributed by atoms with Gasteiger partial charge in [-0.2, -0.15) is 0 Å². The van der Waals surface area contributed by atoms with Gasteiger partial charge in [0, 0.05) is 29.7 Å². The fraction of sp³-hybridized carbons (Fsp3) is 0.556. The zero-order valence-electron chi connectivity index (χ0n) is 15.5. The summed E-state index contributed by atoms with van der Waals surface area (Å²) in [7, 11) is 1.85. The van der Waals surface area contributed by atoms with Gasteiger partial charge in [-0.3, -0.25) is 19.4 Å². The zero-order valence-corrected chi connectivity index (χ0v) is 17.1. The van der Waals surface area contributed by atoms with Crippen molar-refractivity contribution in [3.8, 4) is 0 Å². The van der Waals surface area contributed by atoms with Crippen LogP contribution in [0.2, 0.25) is 0 Å². The number of benzene rings is 1. The standard InChI is InChI=1S/C18H27N3O3S.ClH/c1-13(18(24)19-14-4-6-16(25-3)7-5-14)21-10-8-15(9-11-21)20(2)12-17(22)23;/h4-7,13,15H,8-12H2,1-3H3,(H,19,24)(H,22,23);1H. The largest absolute Gasteiger partial charge is 0.480 e. The van der Waals surface area contributed by atoms with Gasteiger partial charge in [0.05, 0.1) is 12.6 Å². The number of aliphatic carboxylic acids is 1. The number of carboxylic acids is 1. The normalized spacial score (nSPS) is 16.8. The molecule has 1 heterocycles. The summed E-state index contributed by atoms with van der Waals surface area (Å²) in [5.41, 5.74) is 0.811. The molecule has 1 aromatic rings. The number of nitrogens with one attached hydrogen (secondary N) is 1. The van der Waals surface area contributed by atoms with Crippen LogP contribution in [0, 0.1) is 0 Å². The first kappa shape index (κ1) is 22.8. The molecule has 6 nitrogen and oxygen atoms in total. The number of hydrogen-bond donors (Lipinski definition) is 2. The molecule has 1 atom stereocenters. The van der Waals surface area contributed by atoms with Crippen molar-refractivity contribution >= 4 is 41.7 Å². The molecule has 1 aliphatic rings. The summed E-state index contributed by atoms with van der Waals surface area (Å²) >= 11 is 1.67. The quantitative estimate of drug-likeness (QED) is 0.684. The van der Waals surface area contributed by atoms with Crippen molar-refractivity contribution in [2.75, 3.05) is 38.3 Å². The average molecular weight is 402 g/mol. The summed E-state index contributed by atoms with van der Waals surface area (Å²) in [6, 6.07) is 7.89. The molecule has 0 spiro atoms. The first-order valence-electron chi connectivity index (χ1n) is 8.51. The maximum Gasteiger partial charge on any atom is 0.317 e. The van der Waals surface area contributed by atoms with E-state index in [-0.39, 0.29) is 36.9 Å². The lowest BCUT2D eigenvalue weighted by Crippen LogP contribution is -2.50. The maximum atomic E-state index is 12.5. The molecule has 1 amide bonds. The molecular weight excluding hydrogens is 374 g/mol. The molecule has 26 heavy (non-hydrogen) atoms. The summed E-state index contributed by atoms with van der Waals surface area (Å²) in [6.45, 7) is 3.59. The van der Waals surface area contributed by atoms with E-state index in [2.05, 4.69) is 10.2 Å². The molecule has 1 saturated heterocycles. The molecule has 146 valence electrons. The van der Waals surface area contributed by atoms with Crippen LogP contribution in [0.25, 0.3) is 0 Å². The van der Waals surface area contributed by atoms with E-state index in [0.717, 1.165) is 31.6 Å². The van der Waals surface area contributed by atoms with Crippen molar-refractivity contribution in [1.29, 1.82) is 0 Å². The van der Waals surface area contributed by atoms with Gasteiger partial charge in [-0.25, -0.2) is 0 Å². The second kappa shape index (κ2) is 10.8. The Balaban J connectivity index is 0.00000338. The Labute approximate surface area is 165 Å². The Bertz CT molecular complexity index is 592. The van der Waals surface area contributed by atoms with Crippen molar-refractivity contribution in [2.24, 2.45) is 0 Å². The number of amides is 1.